The van der Waals surface area contributed by atoms with Gasteiger partial charge in [0.05, 0.1) is 11.5 Å². The molecule has 1 N–H and O–H groups in total. The lowest BCUT2D eigenvalue weighted by atomic mass is 10.2. The number of hydrogen-bond acceptors (Lipinski definition) is 6. The number of sulfonamides is 1. The van der Waals surface area contributed by atoms with Gasteiger partial charge in [-0.05, 0) is 17.7 Å². The number of nitro groups is 1. The first-order valence-electron chi connectivity index (χ1n) is 7.25. The molecule has 0 aliphatic carbocycles. The van der Waals surface area contributed by atoms with E-state index in [1.54, 1.807) is 0 Å². The molecule has 0 unspecified atom stereocenters. The molecule has 0 amide bonds. The molecule has 3 aromatic rings. The minimum Gasteiger partial charge on any atom is -0.295 e. The Bertz CT molecular complexity index is 1050. The fourth-order valence-electron chi connectivity index (χ4n) is 2.27. The molecule has 0 aliphatic heterocycles. The second kappa shape index (κ2) is 7.22. The van der Waals surface area contributed by atoms with E-state index in [1.165, 1.54) is 17.0 Å². The van der Waals surface area contributed by atoms with Crippen LogP contribution in [0.2, 0.25) is 0 Å². The molecule has 0 fully saturated rings. The third-order valence-corrected chi connectivity index (χ3v) is 5.31. The predicted octanol–water partition coefficient (Wildman–Crippen LogP) is 2.80. The highest BCUT2D eigenvalue weighted by Gasteiger charge is 2.27. The Labute approximate surface area is 157 Å². The number of halogens is 1. The van der Waals surface area contributed by atoms with Gasteiger partial charge in [-0.1, -0.05) is 46.3 Å². The Hall–Kier alpha value is -2.79. The Morgan fingerprint density at radius 3 is 2.62 bits per heavy atom. The molecule has 26 heavy (non-hydrogen) atoms. The van der Waals surface area contributed by atoms with Crippen LogP contribution in [0.15, 0.2) is 64.2 Å². The highest BCUT2D eigenvalue weighted by molar-refractivity contribution is 9.10. The van der Waals surface area contributed by atoms with E-state index >= 15 is 0 Å². The van der Waals surface area contributed by atoms with Crippen LogP contribution >= 0.6 is 15.9 Å². The number of aromatic nitrogens is 3. The molecule has 0 aliphatic rings. The number of anilines is 1. The van der Waals surface area contributed by atoms with Crippen molar-refractivity contribution >= 4 is 37.6 Å². The fraction of sp³-hybridized carbons (Fsp3) is 0.0667. The smallest absolute Gasteiger partial charge is 0.291 e. The first kappa shape index (κ1) is 18.0. The van der Waals surface area contributed by atoms with Gasteiger partial charge in [-0.15, -0.1) is 10.2 Å². The number of hydrogen-bond donors (Lipinski definition) is 1. The molecule has 1 heterocycles. The summed E-state index contributed by atoms with van der Waals surface area (Å²) in [6.45, 7) is 0.341. The van der Waals surface area contributed by atoms with E-state index < -0.39 is 25.5 Å². The first-order valence-corrected chi connectivity index (χ1v) is 9.53. The second-order valence-electron chi connectivity index (χ2n) is 5.24. The van der Waals surface area contributed by atoms with Crippen LogP contribution in [0, 0.1) is 10.1 Å². The van der Waals surface area contributed by atoms with Gasteiger partial charge in [-0.3, -0.25) is 14.7 Å². The Kier molecular flexibility index (Phi) is 5.00. The molecule has 134 valence electrons. The molecule has 0 atom stereocenters. The zero-order valence-electron chi connectivity index (χ0n) is 13.1. The van der Waals surface area contributed by atoms with E-state index in [-0.39, 0.29) is 5.95 Å². The van der Waals surface area contributed by atoms with Gasteiger partial charge in [0, 0.05) is 10.5 Å². The van der Waals surface area contributed by atoms with Crippen LogP contribution < -0.4 is 4.72 Å². The van der Waals surface area contributed by atoms with Crippen molar-refractivity contribution in [2.45, 2.75) is 11.4 Å². The standard InChI is InChI=1S/C15H12BrN5O4S/c16-12-6-7-14(13(8-12)21(22)23)26(24,25)19-15-18-17-10-20(15)9-11-4-2-1-3-5-11/h1-8,10H,9H2,(H,18,19). The summed E-state index contributed by atoms with van der Waals surface area (Å²) in [6.07, 6.45) is 1.38. The van der Waals surface area contributed by atoms with Gasteiger partial charge in [-0.25, -0.2) is 13.1 Å². The molecular weight excluding hydrogens is 426 g/mol. The molecule has 11 heteroatoms. The van der Waals surface area contributed by atoms with E-state index in [0.717, 1.165) is 17.7 Å². The van der Waals surface area contributed by atoms with Gasteiger partial charge >= 0.3 is 0 Å². The van der Waals surface area contributed by atoms with E-state index in [2.05, 4.69) is 30.8 Å². The van der Waals surface area contributed by atoms with Crippen molar-refractivity contribution in [3.63, 3.8) is 0 Å². The molecule has 1 aromatic heterocycles. The van der Waals surface area contributed by atoms with Crippen molar-refractivity contribution in [1.82, 2.24) is 14.8 Å². The third-order valence-electron chi connectivity index (χ3n) is 3.44. The number of rotatable bonds is 6. The molecule has 2 aromatic carbocycles. The second-order valence-corrected chi connectivity index (χ2v) is 7.81. The lowest BCUT2D eigenvalue weighted by Crippen LogP contribution is -2.18. The summed E-state index contributed by atoms with van der Waals surface area (Å²) in [5, 5.41) is 18.7. The Balaban J connectivity index is 1.92. The van der Waals surface area contributed by atoms with Crippen molar-refractivity contribution in [1.29, 1.82) is 0 Å². The molecule has 0 saturated heterocycles. The predicted molar refractivity (Wildman–Crippen MR) is 97.2 cm³/mol. The minimum absolute atomic E-state index is 0.0360. The van der Waals surface area contributed by atoms with Crippen molar-refractivity contribution in [2.75, 3.05) is 4.72 Å². The van der Waals surface area contributed by atoms with E-state index in [4.69, 9.17) is 0 Å². The zero-order valence-corrected chi connectivity index (χ0v) is 15.5. The maximum atomic E-state index is 12.6. The maximum Gasteiger partial charge on any atom is 0.291 e. The largest absolute Gasteiger partial charge is 0.295 e. The summed E-state index contributed by atoms with van der Waals surface area (Å²) < 4.78 is 29.4. The number of nitro benzene ring substituents is 1. The van der Waals surface area contributed by atoms with Crippen LogP contribution in [0.25, 0.3) is 0 Å². The van der Waals surface area contributed by atoms with E-state index in [1.807, 2.05) is 30.3 Å². The summed E-state index contributed by atoms with van der Waals surface area (Å²) in [5.41, 5.74) is 0.378. The summed E-state index contributed by atoms with van der Waals surface area (Å²) in [6, 6.07) is 13.0. The first-order chi connectivity index (χ1) is 12.4. The lowest BCUT2D eigenvalue weighted by Gasteiger charge is -2.10. The van der Waals surface area contributed by atoms with Crippen molar-refractivity contribution in [2.24, 2.45) is 0 Å². The van der Waals surface area contributed by atoms with Gasteiger partial charge in [0.1, 0.15) is 6.33 Å². The fourth-order valence-corrected chi connectivity index (χ4v) is 3.78. The van der Waals surface area contributed by atoms with Gasteiger partial charge in [0.25, 0.3) is 15.7 Å². The Morgan fingerprint density at radius 1 is 1.19 bits per heavy atom. The monoisotopic (exact) mass is 437 g/mol. The van der Waals surface area contributed by atoms with Crippen LogP contribution in [-0.2, 0) is 16.6 Å². The van der Waals surface area contributed by atoms with E-state index in [9.17, 15) is 18.5 Å². The number of nitrogens with zero attached hydrogens (tertiary/aromatic N) is 4. The van der Waals surface area contributed by atoms with E-state index in [0.29, 0.717) is 11.0 Å². The van der Waals surface area contributed by atoms with Gasteiger partial charge < -0.3 is 0 Å². The lowest BCUT2D eigenvalue weighted by molar-refractivity contribution is -0.387. The Morgan fingerprint density at radius 2 is 1.92 bits per heavy atom. The summed E-state index contributed by atoms with van der Waals surface area (Å²) in [4.78, 5) is 9.98. The van der Waals surface area contributed by atoms with Crippen LogP contribution in [0.3, 0.4) is 0 Å². The average molecular weight is 438 g/mol. The van der Waals surface area contributed by atoms with Crippen LogP contribution in [-0.4, -0.2) is 28.1 Å². The zero-order chi connectivity index (χ0) is 18.7. The molecular formula is C15H12BrN5O4S. The van der Waals surface area contributed by atoms with Crippen molar-refractivity contribution in [3.8, 4) is 0 Å². The number of nitrogens with one attached hydrogen (secondary N) is 1. The number of benzene rings is 2. The van der Waals surface area contributed by atoms with Gasteiger partial charge in [0.2, 0.25) is 5.95 Å². The van der Waals surface area contributed by atoms with Gasteiger partial charge in [0.15, 0.2) is 4.90 Å². The molecule has 3 rings (SSSR count). The normalized spacial score (nSPS) is 11.3. The molecule has 0 saturated carbocycles. The van der Waals surface area contributed by atoms with Gasteiger partial charge in [-0.2, -0.15) is 0 Å². The van der Waals surface area contributed by atoms with Crippen LogP contribution in [0.5, 0.6) is 0 Å². The molecule has 0 spiro atoms. The molecule has 9 nitrogen and oxygen atoms in total. The molecule has 0 radical (unpaired) electrons. The maximum absolute atomic E-state index is 12.6. The highest BCUT2D eigenvalue weighted by atomic mass is 79.9. The molecule has 0 bridgehead atoms. The average Bonchev–Trinajstić information content (AvgIpc) is 3.01. The summed E-state index contributed by atoms with van der Waals surface area (Å²) in [7, 11) is -4.23. The summed E-state index contributed by atoms with van der Waals surface area (Å²) >= 11 is 3.09. The quantitative estimate of drug-likeness (QED) is 0.467. The minimum atomic E-state index is -4.23. The summed E-state index contributed by atoms with van der Waals surface area (Å²) in [5.74, 6) is -0.0360. The topological polar surface area (TPSA) is 120 Å². The van der Waals surface area contributed by atoms with Crippen LogP contribution in [0.1, 0.15) is 5.56 Å². The van der Waals surface area contributed by atoms with Crippen molar-refractivity contribution in [3.05, 3.63) is 75.0 Å². The highest BCUT2D eigenvalue weighted by Crippen LogP contribution is 2.28. The third kappa shape index (κ3) is 3.89. The van der Waals surface area contributed by atoms with Crippen LogP contribution in [0.4, 0.5) is 11.6 Å². The van der Waals surface area contributed by atoms with Crippen molar-refractivity contribution < 1.29 is 13.3 Å². The SMILES string of the molecule is O=[N+]([O-])c1cc(Br)ccc1S(=O)(=O)Nc1nncn1Cc1ccccc1.